The lowest BCUT2D eigenvalue weighted by Crippen LogP contribution is -2.66. The summed E-state index contributed by atoms with van der Waals surface area (Å²) in [6.45, 7) is 5.82. The Hall–Kier alpha value is -6.12. The number of aliphatic hydroxyl groups excluding tert-OH is 2. The molecule has 2 aliphatic rings. The highest BCUT2D eigenvalue weighted by Gasteiger charge is 2.56. The fourth-order valence-corrected chi connectivity index (χ4v) is 13.7. The third-order valence-corrected chi connectivity index (χ3v) is 16.9. The zero-order valence-corrected chi connectivity index (χ0v) is 35.1. The number of carbonyl (C=O) groups excluding carboxylic acids is 2. The number of allylic oxidation sites excluding steroid dienone is 1. The van der Waals surface area contributed by atoms with Crippen molar-refractivity contribution >= 4 is 53.5 Å². The van der Waals surface area contributed by atoms with Crippen LogP contribution in [0.25, 0.3) is 11.6 Å². The average Bonchev–Trinajstić information content (AvgIpc) is 3.51. The fraction of sp³-hybridized carbons (Fsp3) is 0.271. The van der Waals surface area contributed by atoms with E-state index in [1.165, 1.54) is 36.4 Å². The van der Waals surface area contributed by atoms with Gasteiger partial charge in [0.1, 0.15) is 0 Å². The number of nitro benzene ring substituents is 1. The number of anilines is 1. The molecule has 1 aliphatic heterocycles. The topological polar surface area (TPSA) is 163 Å². The number of aromatic hydroxyl groups is 1. The molecule has 5 aromatic rings. The van der Waals surface area contributed by atoms with Crippen LogP contribution in [-0.2, 0) is 14.0 Å². The fourth-order valence-electron chi connectivity index (χ4n) is 9.14. The van der Waals surface area contributed by atoms with Gasteiger partial charge in [0.2, 0.25) is 11.8 Å². The van der Waals surface area contributed by atoms with Gasteiger partial charge in [0.15, 0.2) is 11.6 Å². The number of benzene rings is 4. The second kappa shape index (κ2) is 17.8. The lowest BCUT2D eigenvalue weighted by atomic mass is 9.68. The van der Waals surface area contributed by atoms with E-state index in [2.05, 4.69) is 50.0 Å². The molecule has 1 aromatic heterocycles. The number of hydrogen-bond donors (Lipinski definition) is 3. The minimum absolute atomic E-state index is 0.0204. The molecule has 2 heterocycles. The van der Waals surface area contributed by atoms with Crippen LogP contribution in [0, 0.1) is 33.7 Å². The minimum Gasteiger partial charge on any atom is -0.505 e. The molecule has 13 heteroatoms. The van der Waals surface area contributed by atoms with Crippen LogP contribution in [0.4, 0.5) is 15.8 Å². The Labute approximate surface area is 354 Å². The van der Waals surface area contributed by atoms with Gasteiger partial charge in [-0.15, -0.1) is 0 Å². The van der Waals surface area contributed by atoms with Crippen molar-refractivity contribution in [2.24, 2.45) is 17.8 Å². The number of halogens is 1. The van der Waals surface area contributed by atoms with Gasteiger partial charge in [-0.1, -0.05) is 99.6 Å². The largest absolute Gasteiger partial charge is 0.505 e. The summed E-state index contributed by atoms with van der Waals surface area (Å²) in [6.07, 6.45) is 2.47. The number of fused-ring (bicyclic) bond motifs is 1. The first-order valence-electron chi connectivity index (χ1n) is 20.2. The van der Waals surface area contributed by atoms with E-state index in [-0.39, 0.29) is 37.2 Å². The van der Waals surface area contributed by atoms with Crippen molar-refractivity contribution in [2.75, 3.05) is 18.1 Å². The van der Waals surface area contributed by atoms with Crippen molar-refractivity contribution in [3.8, 4) is 5.75 Å². The molecule has 0 radical (unpaired) electrons. The van der Waals surface area contributed by atoms with Crippen LogP contribution in [0.3, 0.4) is 0 Å². The molecule has 2 amide bonds. The number of phenols is 1. The molecule has 7 rings (SSSR count). The van der Waals surface area contributed by atoms with Gasteiger partial charge in [-0.3, -0.25) is 24.7 Å². The minimum atomic E-state index is -3.18. The number of aromatic nitrogens is 1. The Bertz CT molecular complexity index is 2440. The summed E-state index contributed by atoms with van der Waals surface area (Å²) in [4.78, 5) is 45.4. The number of imide groups is 1. The van der Waals surface area contributed by atoms with Gasteiger partial charge in [-0.25, -0.2) is 9.29 Å². The SMILES string of the molecule is CC(C)(C)[Si](OCC1=C([C@H](O)CC/C(=C/c2ccc(O)c(F)c2)c2ccccn2)[C@H](CO)[C@@H]2C(=O)N(c3cccc([N+](=O)[O-])c3)C(=O)[C@@H]2C1)(c1ccccc1)c1ccccc1. The van der Waals surface area contributed by atoms with Crippen LogP contribution >= 0.6 is 0 Å². The second-order valence-corrected chi connectivity index (χ2v) is 20.9. The number of rotatable bonds is 14. The maximum Gasteiger partial charge on any atom is 0.271 e. The summed E-state index contributed by atoms with van der Waals surface area (Å²) in [5.74, 6) is -5.44. The monoisotopic (exact) mass is 841 g/mol. The molecule has 3 N–H and O–H groups in total. The molecular weight excluding hydrogens is 794 g/mol. The molecule has 1 saturated heterocycles. The van der Waals surface area contributed by atoms with Crippen LogP contribution < -0.4 is 15.3 Å². The van der Waals surface area contributed by atoms with E-state index in [1.807, 2.05) is 42.5 Å². The standard InChI is InChI=1S/C48H48FN3O8Si/c1-48(2,3)61(36-15-6-4-7-16-36,37-17-8-5-9-18-37)60-30-33-27-38-45(47(57)51(46(38)56)34-13-12-14-35(28-34)52(58)59)39(29-53)44(33)43(55)23-21-32(41-19-10-11-24-50-41)25-31-20-22-42(54)40(49)26-31/h4-20,22,24-26,28,38-39,43,45,53-55H,21,23,27,29-30H2,1-3H3/b32-25-/t38-,39+,43-,45-/m1/s1. The second-order valence-electron chi connectivity index (χ2n) is 16.6. The first kappa shape index (κ1) is 43.0. The van der Waals surface area contributed by atoms with E-state index in [0.29, 0.717) is 28.0 Å². The zero-order valence-electron chi connectivity index (χ0n) is 34.1. The molecule has 61 heavy (non-hydrogen) atoms. The van der Waals surface area contributed by atoms with E-state index in [0.717, 1.165) is 15.3 Å². The van der Waals surface area contributed by atoms with Crippen LogP contribution in [0.2, 0.25) is 5.04 Å². The Morgan fingerprint density at radius 3 is 2.21 bits per heavy atom. The van der Waals surface area contributed by atoms with E-state index >= 15 is 0 Å². The smallest absolute Gasteiger partial charge is 0.271 e. The van der Waals surface area contributed by atoms with Gasteiger partial charge in [0.05, 0.1) is 47.5 Å². The van der Waals surface area contributed by atoms with Gasteiger partial charge in [-0.2, -0.15) is 0 Å². The van der Waals surface area contributed by atoms with Crippen molar-refractivity contribution in [2.45, 2.75) is 51.2 Å². The molecule has 1 aliphatic carbocycles. The first-order valence-corrected chi connectivity index (χ1v) is 22.1. The van der Waals surface area contributed by atoms with E-state index in [1.54, 1.807) is 30.5 Å². The number of non-ortho nitro benzene ring substituents is 1. The van der Waals surface area contributed by atoms with Gasteiger partial charge in [0.25, 0.3) is 14.0 Å². The van der Waals surface area contributed by atoms with Crippen LogP contribution in [0.15, 0.2) is 139 Å². The molecular formula is C48H48FN3O8Si. The van der Waals surface area contributed by atoms with E-state index < -0.39 is 72.1 Å². The Balaban J connectivity index is 1.32. The average molecular weight is 842 g/mol. The van der Waals surface area contributed by atoms with Crippen molar-refractivity contribution in [1.82, 2.24) is 4.98 Å². The maximum atomic E-state index is 14.5. The zero-order chi connectivity index (χ0) is 43.5. The van der Waals surface area contributed by atoms with Crippen LogP contribution in [0.5, 0.6) is 5.75 Å². The number of phenolic OH excluding ortho intramolecular Hbond substituents is 1. The lowest BCUT2D eigenvalue weighted by molar-refractivity contribution is -0.384. The normalized spacial score (nSPS) is 19.0. The molecule has 1 fully saturated rings. The quantitative estimate of drug-likeness (QED) is 0.0345. The molecule has 4 atom stereocenters. The molecule has 0 saturated carbocycles. The Kier molecular flexibility index (Phi) is 12.6. The summed E-state index contributed by atoms with van der Waals surface area (Å²) >= 11 is 0. The van der Waals surface area contributed by atoms with Gasteiger partial charge in [0, 0.05) is 24.2 Å². The van der Waals surface area contributed by atoms with Crippen molar-refractivity contribution in [1.29, 1.82) is 0 Å². The van der Waals surface area contributed by atoms with Crippen LogP contribution in [-0.4, -0.2) is 64.7 Å². The van der Waals surface area contributed by atoms with E-state index in [4.69, 9.17) is 4.43 Å². The van der Waals surface area contributed by atoms with Crippen molar-refractivity contribution < 1.29 is 38.6 Å². The number of hydrogen-bond acceptors (Lipinski definition) is 9. The van der Waals surface area contributed by atoms with Gasteiger partial charge >= 0.3 is 0 Å². The summed E-state index contributed by atoms with van der Waals surface area (Å²) in [5.41, 5.74) is 2.47. The predicted octanol–water partition coefficient (Wildman–Crippen LogP) is 7.21. The number of pyridine rings is 1. The molecule has 0 unspecified atom stereocenters. The summed E-state index contributed by atoms with van der Waals surface area (Å²) in [6, 6.07) is 34.8. The summed E-state index contributed by atoms with van der Waals surface area (Å²) in [5, 5.41) is 46.8. The van der Waals surface area contributed by atoms with Crippen molar-refractivity contribution in [3.05, 3.63) is 166 Å². The summed E-state index contributed by atoms with van der Waals surface area (Å²) in [7, 11) is -3.18. The van der Waals surface area contributed by atoms with E-state index in [9.17, 15) is 39.4 Å². The maximum absolute atomic E-state index is 14.5. The highest BCUT2D eigenvalue weighted by molar-refractivity contribution is 6.99. The first-order chi connectivity index (χ1) is 29.2. The van der Waals surface area contributed by atoms with Gasteiger partial charge < -0.3 is 19.7 Å². The highest BCUT2D eigenvalue weighted by Crippen LogP contribution is 2.48. The number of nitro groups is 1. The third-order valence-electron chi connectivity index (χ3n) is 11.9. The Morgan fingerprint density at radius 1 is 0.951 bits per heavy atom. The van der Waals surface area contributed by atoms with Gasteiger partial charge in [-0.05, 0) is 93.4 Å². The number of carbonyl (C=O) groups is 2. The highest BCUT2D eigenvalue weighted by atomic mass is 28.4. The predicted molar refractivity (Wildman–Crippen MR) is 234 cm³/mol. The molecule has 0 bridgehead atoms. The summed E-state index contributed by atoms with van der Waals surface area (Å²) < 4.78 is 21.8. The van der Waals surface area contributed by atoms with Crippen LogP contribution in [0.1, 0.15) is 51.3 Å². The Morgan fingerprint density at radius 2 is 1.62 bits per heavy atom. The molecule has 11 nitrogen and oxygen atoms in total. The molecule has 4 aromatic carbocycles. The third kappa shape index (κ3) is 8.46. The van der Waals surface area contributed by atoms with Crippen molar-refractivity contribution in [3.63, 3.8) is 0 Å². The molecule has 0 spiro atoms. The number of amides is 2. The number of aliphatic hydroxyl groups is 2. The lowest BCUT2D eigenvalue weighted by Gasteiger charge is -2.44. The molecule has 314 valence electrons. The number of nitrogens with zero attached hydrogens (tertiary/aromatic N) is 3.